The Balaban J connectivity index is 2.33. The fourth-order valence-electron chi connectivity index (χ4n) is 3.06. The second-order valence-electron chi connectivity index (χ2n) is 7.14. The first kappa shape index (κ1) is 14.8. The summed E-state index contributed by atoms with van der Waals surface area (Å²) in [4.78, 5) is 0. The molecule has 0 heterocycles. The molecule has 17 heavy (non-hydrogen) atoms. The maximum absolute atomic E-state index is 6.31. The number of nitrogens with two attached hydrogens (primary N) is 1. The van der Waals surface area contributed by atoms with Gasteiger partial charge in [0.15, 0.2) is 0 Å². The molecule has 2 N–H and O–H groups in total. The van der Waals surface area contributed by atoms with E-state index in [2.05, 4.69) is 34.3 Å². The summed E-state index contributed by atoms with van der Waals surface area (Å²) in [6, 6.07) is 0.396. The lowest BCUT2D eigenvalue weighted by molar-refractivity contribution is 0.138. The number of allylic oxidation sites excluding steroid dienone is 1. The maximum atomic E-state index is 6.31. The van der Waals surface area contributed by atoms with Crippen LogP contribution in [0.3, 0.4) is 0 Å². The summed E-state index contributed by atoms with van der Waals surface area (Å²) in [7, 11) is 0. The van der Waals surface area contributed by atoms with Gasteiger partial charge in [0.2, 0.25) is 0 Å². The predicted octanol–water partition coefficient (Wildman–Crippen LogP) is 4.52. The van der Waals surface area contributed by atoms with Gasteiger partial charge in [0.25, 0.3) is 0 Å². The van der Waals surface area contributed by atoms with E-state index in [1.54, 1.807) is 0 Å². The second-order valence-corrected chi connectivity index (χ2v) is 7.14. The largest absolute Gasteiger partial charge is 0.327 e. The third kappa shape index (κ3) is 4.83. The molecular weight excluding hydrogens is 206 g/mol. The molecule has 0 aromatic carbocycles. The van der Waals surface area contributed by atoms with E-state index in [1.165, 1.54) is 31.3 Å². The van der Waals surface area contributed by atoms with Crippen molar-refractivity contribution < 1.29 is 0 Å². The third-order valence-corrected chi connectivity index (χ3v) is 4.51. The highest BCUT2D eigenvalue weighted by atomic mass is 14.7. The number of hydrogen-bond donors (Lipinski definition) is 1. The van der Waals surface area contributed by atoms with Gasteiger partial charge < -0.3 is 5.73 Å². The van der Waals surface area contributed by atoms with Crippen molar-refractivity contribution >= 4 is 0 Å². The van der Waals surface area contributed by atoms with Crippen molar-refractivity contribution in [3.8, 4) is 0 Å². The van der Waals surface area contributed by atoms with Crippen molar-refractivity contribution in [1.29, 1.82) is 0 Å². The zero-order valence-corrected chi connectivity index (χ0v) is 12.3. The molecule has 1 heteroatoms. The van der Waals surface area contributed by atoms with E-state index in [1.807, 2.05) is 0 Å². The Morgan fingerprint density at radius 3 is 2.18 bits per heavy atom. The van der Waals surface area contributed by atoms with Crippen LogP contribution in [-0.2, 0) is 0 Å². The van der Waals surface area contributed by atoms with Crippen LogP contribution in [0, 0.1) is 17.3 Å². The summed E-state index contributed by atoms with van der Waals surface area (Å²) in [5.41, 5.74) is 8.06. The van der Waals surface area contributed by atoms with E-state index < -0.39 is 0 Å². The van der Waals surface area contributed by atoms with Crippen LogP contribution in [0.4, 0.5) is 0 Å². The molecule has 1 rings (SSSR count). The topological polar surface area (TPSA) is 26.0 Å². The summed E-state index contributed by atoms with van der Waals surface area (Å²) in [5.74, 6) is 1.65. The van der Waals surface area contributed by atoms with Gasteiger partial charge >= 0.3 is 0 Å². The molecule has 0 amide bonds. The fraction of sp³-hybridized carbons (Fsp3) is 0.875. The van der Waals surface area contributed by atoms with Crippen molar-refractivity contribution in [3.63, 3.8) is 0 Å². The van der Waals surface area contributed by atoms with E-state index in [0.717, 1.165) is 24.7 Å². The zero-order valence-electron chi connectivity index (χ0n) is 12.3. The lowest BCUT2D eigenvalue weighted by atomic mass is 9.68. The molecule has 0 radical (unpaired) electrons. The van der Waals surface area contributed by atoms with Gasteiger partial charge in [-0.3, -0.25) is 0 Å². The molecule has 1 aliphatic rings. The first-order valence-corrected chi connectivity index (χ1v) is 7.20. The van der Waals surface area contributed by atoms with Crippen LogP contribution >= 0.6 is 0 Å². The van der Waals surface area contributed by atoms with E-state index in [4.69, 9.17) is 5.73 Å². The van der Waals surface area contributed by atoms with Crippen molar-refractivity contribution in [2.24, 2.45) is 23.0 Å². The first-order valence-electron chi connectivity index (χ1n) is 7.20. The van der Waals surface area contributed by atoms with Gasteiger partial charge in [-0.05, 0) is 62.7 Å². The van der Waals surface area contributed by atoms with Gasteiger partial charge in [0.1, 0.15) is 0 Å². The number of rotatable bonds is 4. The lowest BCUT2D eigenvalue weighted by Gasteiger charge is -2.38. The van der Waals surface area contributed by atoms with Crippen molar-refractivity contribution in [3.05, 3.63) is 12.2 Å². The second kappa shape index (κ2) is 6.04. The SMILES string of the molecule is C=C(C)CCC(N)C1CCC(C(C)(C)C)CC1. The van der Waals surface area contributed by atoms with Gasteiger partial charge in [0, 0.05) is 6.04 Å². The average molecular weight is 237 g/mol. The first-order chi connectivity index (χ1) is 7.80. The van der Waals surface area contributed by atoms with Crippen LogP contribution < -0.4 is 5.73 Å². The average Bonchev–Trinajstić information content (AvgIpc) is 2.25. The fourth-order valence-corrected chi connectivity index (χ4v) is 3.06. The predicted molar refractivity (Wildman–Crippen MR) is 76.9 cm³/mol. The zero-order chi connectivity index (χ0) is 13.1. The summed E-state index contributed by atoms with van der Waals surface area (Å²) < 4.78 is 0. The summed E-state index contributed by atoms with van der Waals surface area (Å²) in [6.07, 6.45) is 7.63. The maximum Gasteiger partial charge on any atom is 0.00702 e. The molecule has 100 valence electrons. The quantitative estimate of drug-likeness (QED) is 0.715. The minimum Gasteiger partial charge on any atom is -0.327 e. The molecule has 0 saturated heterocycles. The van der Waals surface area contributed by atoms with Crippen LogP contribution in [0.1, 0.15) is 66.2 Å². The highest BCUT2D eigenvalue weighted by molar-refractivity contribution is 4.91. The molecule has 1 fully saturated rings. The minimum absolute atomic E-state index is 0.396. The van der Waals surface area contributed by atoms with Crippen LogP contribution in [0.2, 0.25) is 0 Å². The Morgan fingerprint density at radius 1 is 1.24 bits per heavy atom. The van der Waals surface area contributed by atoms with Gasteiger partial charge in [-0.15, -0.1) is 6.58 Å². The molecule has 1 unspecified atom stereocenters. The summed E-state index contributed by atoms with van der Waals surface area (Å²) in [5, 5.41) is 0. The monoisotopic (exact) mass is 237 g/mol. The van der Waals surface area contributed by atoms with E-state index >= 15 is 0 Å². The van der Waals surface area contributed by atoms with Crippen LogP contribution in [-0.4, -0.2) is 6.04 Å². The van der Waals surface area contributed by atoms with E-state index in [0.29, 0.717) is 11.5 Å². The lowest BCUT2D eigenvalue weighted by Crippen LogP contribution is -2.35. The number of hydrogen-bond acceptors (Lipinski definition) is 1. The Bertz CT molecular complexity index is 241. The molecule has 0 aromatic heterocycles. The Hall–Kier alpha value is -0.300. The molecule has 0 bridgehead atoms. The van der Waals surface area contributed by atoms with Crippen molar-refractivity contribution in [2.75, 3.05) is 0 Å². The van der Waals surface area contributed by atoms with Gasteiger partial charge in [0.05, 0.1) is 0 Å². The van der Waals surface area contributed by atoms with Crippen LogP contribution in [0.15, 0.2) is 12.2 Å². The molecular formula is C16H31N. The Morgan fingerprint density at radius 2 is 1.76 bits per heavy atom. The van der Waals surface area contributed by atoms with Gasteiger partial charge in [-0.2, -0.15) is 0 Å². The normalized spacial score (nSPS) is 27.8. The molecule has 1 saturated carbocycles. The Labute approximate surface area is 108 Å². The highest BCUT2D eigenvalue weighted by Gasteiger charge is 2.31. The molecule has 0 aliphatic heterocycles. The van der Waals surface area contributed by atoms with E-state index in [-0.39, 0.29) is 0 Å². The standard InChI is InChI=1S/C16H31N/c1-12(2)6-11-15(17)13-7-9-14(10-8-13)16(3,4)5/h13-15H,1,6-11,17H2,2-5H3. The van der Waals surface area contributed by atoms with Crippen LogP contribution in [0.5, 0.6) is 0 Å². The molecule has 1 aliphatic carbocycles. The molecule has 0 aromatic rings. The highest BCUT2D eigenvalue weighted by Crippen LogP contribution is 2.40. The Kier molecular flexibility index (Phi) is 5.24. The molecule has 0 spiro atoms. The van der Waals surface area contributed by atoms with E-state index in [9.17, 15) is 0 Å². The van der Waals surface area contributed by atoms with Gasteiger partial charge in [-0.1, -0.05) is 26.3 Å². The van der Waals surface area contributed by atoms with Crippen molar-refractivity contribution in [1.82, 2.24) is 0 Å². The molecule has 1 nitrogen and oxygen atoms in total. The smallest absolute Gasteiger partial charge is 0.00702 e. The third-order valence-electron chi connectivity index (χ3n) is 4.51. The van der Waals surface area contributed by atoms with Crippen LogP contribution in [0.25, 0.3) is 0 Å². The minimum atomic E-state index is 0.396. The molecule has 1 atom stereocenters. The summed E-state index contributed by atoms with van der Waals surface area (Å²) >= 11 is 0. The summed E-state index contributed by atoms with van der Waals surface area (Å²) in [6.45, 7) is 13.2. The van der Waals surface area contributed by atoms with Gasteiger partial charge in [-0.25, -0.2) is 0 Å². The van der Waals surface area contributed by atoms with Crippen molar-refractivity contribution in [2.45, 2.75) is 72.3 Å².